The number of rotatable bonds is 3. The molecular formula is C17H18ClF3N2O2. The maximum absolute atomic E-state index is 13.6. The summed E-state index contributed by atoms with van der Waals surface area (Å²) in [6.45, 7) is 0.341. The first-order chi connectivity index (χ1) is 11.8. The molecule has 0 aromatic heterocycles. The van der Waals surface area contributed by atoms with E-state index in [1.165, 1.54) is 23.1 Å². The number of benzene rings is 1. The summed E-state index contributed by atoms with van der Waals surface area (Å²) in [4.78, 5) is 26.1. The molecule has 0 spiro atoms. The number of hydrogen-bond donors (Lipinski definition) is 1. The molecule has 1 aliphatic heterocycles. The van der Waals surface area contributed by atoms with Crippen LogP contribution in [0.25, 0.3) is 0 Å². The van der Waals surface area contributed by atoms with Gasteiger partial charge in [0.25, 0.3) is 0 Å². The summed E-state index contributed by atoms with van der Waals surface area (Å²) < 4.78 is 39.9. The topological polar surface area (TPSA) is 49.4 Å². The molecule has 1 aliphatic carbocycles. The van der Waals surface area contributed by atoms with Gasteiger partial charge in [0.1, 0.15) is 11.9 Å². The van der Waals surface area contributed by atoms with Crippen LogP contribution in [0.15, 0.2) is 18.2 Å². The Morgan fingerprint density at radius 2 is 1.92 bits per heavy atom. The summed E-state index contributed by atoms with van der Waals surface area (Å²) >= 11 is 5.64. The van der Waals surface area contributed by atoms with Crippen molar-refractivity contribution in [2.45, 2.75) is 44.1 Å². The number of halogens is 4. The van der Waals surface area contributed by atoms with Gasteiger partial charge in [-0.3, -0.25) is 9.59 Å². The molecule has 1 heterocycles. The van der Waals surface area contributed by atoms with Crippen LogP contribution >= 0.6 is 11.6 Å². The second kappa shape index (κ2) is 6.86. The van der Waals surface area contributed by atoms with Crippen LogP contribution in [0.2, 0.25) is 5.02 Å². The second-order valence-electron chi connectivity index (χ2n) is 6.57. The number of alkyl halides is 2. The maximum Gasteiger partial charge on any atom is 0.249 e. The molecule has 4 nitrogen and oxygen atoms in total. The van der Waals surface area contributed by atoms with E-state index in [0.717, 1.165) is 0 Å². The highest BCUT2D eigenvalue weighted by Crippen LogP contribution is 2.36. The van der Waals surface area contributed by atoms with E-state index >= 15 is 0 Å². The largest absolute Gasteiger partial charge is 0.344 e. The summed E-state index contributed by atoms with van der Waals surface area (Å²) in [6, 6.07) is 3.37. The molecule has 1 unspecified atom stereocenters. The molecule has 1 aromatic carbocycles. The smallest absolute Gasteiger partial charge is 0.249 e. The number of amides is 2. The van der Waals surface area contributed by atoms with Crippen molar-refractivity contribution in [3.8, 4) is 0 Å². The molecule has 1 N–H and O–H groups in total. The number of hydrogen-bond acceptors (Lipinski definition) is 2. The van der Waals surface area contributed by atoms with E-state index in [1.54, 1.807) is 0 Å². The predicted octanol–water partition coefficient (Wildman–Crippen LogP) is 3.53. The fourth-order valence-electron chi connectivity index (χ4n) is 3.32. The molecule has 1 aromatic rings. The van der Waals surface area contributed by atoms with Gasteiger partial charge in [0.2, 0.25) is 17.7 Å². The van der Waals surface area contributed by atoms with Crippen molar-refractivity contribution in [2.75, 3.05) is 11.4 Å². The third-order valence-electron chi connectivity index (χ3n) is 4.82. The summed E-state index contributed by atoms with van der Waals surface area (Å²) in [5, 5.41) is 2.62. The Morgan fingerprint density at radius 1 is 1.24 bits per heavy atom. The van der Waals surface area contributed by atoms with Gasteiger partial charge in [0.05, 0.1) is 5.02 Å². The first kappa shape index (κ1) is 18.0. The molecule has 3 rings (SSSR count). The maximum atomic E-state index is 13.6. The van der Waals surface area contributed by atoms with Gasteiger partial charge in [0.15, 0.2) is 0 Å². The zero-order chi connectivity index (χ0) is 18.2. The quantitative estimate of drug-likeness (QED) is 0.880. The van der Waals surface area contributed by atoms with Crippen molar-refractivity contribution >= 4 is 29.1 Å². The summed E-state index contributed by atoms with van der Waals surface area (Å²) in [7, 11) is 0. The van der Waals surface area contributed by atoms with Gasteiger partial charge < -0.3 is 10.2 Å². The van der Waals surface area contributed by atoms with Gasteiger partial charge in [-0.1, -0.05) is 11.6 Å². The van der Waals surface area contributed by atoms with Gasteiger partial charge in [0, 0.05) is 31.0 Å². The van der Waals surface area contributed by atoms with E-state index in [1.807, 2.05) is 0 Å². The van der Waals surface area contributed by atoms with Crippen LogP contribution in [0.3, 0.4) is 0 Å². The lowest BCUT2D eigenvalue weighted by molar-refractivity contribution is -0.132. The average Bonchev–Trinajstić information content (AvgIpc) is 2.91. The lowest BCUT2D eigenvalue weighted by atomic mass is 9.86. The van der Waals surface area contributed by atoms with Crippen LogP contribution in [-0.2, 0) is 9.59 Å². The van der Waals surface area contributed by atoms with E-state index < -0.39 is 23.7 Å². The summed E-state index contributed by atoms with van der Waals surface area (Å²) in [5.74, 6) is -4.51. The number of nitrogens with one attached hydrogen (secondary N) is 1. The molecule has 2 amide bonds. The van der Waals surface area contributed by atoms with Crippen molar-refractivity contribution < 1.29 is 22.8 Å². The van der Waals surface area contributed by atoms with Crippen molar-refractivity contribution in [1.29, 1.82) is 0 Å². The highest BCUT2D eigenvalue weighted by Gasteiger charge is 2.39. The van der Waals surface area contributed by atoms with Crippen LogP contribution in [0.4, 0.5) is 18.9 Å². The molecule has 25 heavy (non-hydrogen) atoms. The highest BCUT2D eigenvalue weighted by molar-refractivity contribution is 6.30. The Kier molecular flexibility index (Phi) is 4.95. The van der Waals surface area contributed by atoms with E-state index in [-0.39, 0.29) is 42.5 Å². The average molecular weight is 375 g/mol. The van der Waals surface area contributed by atoms with Gasteiger partial charge in [-0.25, -0.2) is 13.2 Å². The van der Waals surface area contributed by atoms with Crippen molar-refractivity contribution in [3.05, 3.63) is 29.0 Å². The van der Waals surface area contributed by atoms with Crippen LogP contribution in [0.1, 0.15) is 32.1 Å². The van der Waals surface area contributed by atoms with Crippen LogP contribution in [-0.4, -0.2) is 30.3 Å². The molecule has 2 aliphatic rings. The molecule has 1 atom stereocenters. The zero-order valence-electron chi connectivity index (χ0n) is 13.4. The van der Waals surface area contributed by atoms with Crippen LogP contribution < -0.4 is 10.2 Å². The van der Waals surface area contributed by atoms with Crippen molar-refractivity contribution in [3.63, 3.8) is 0 Å². The third kappa shape index (κ3) is 3.92. The summed E-state index contributed by atoms with van der Waals surface area (Å²) in [5.41, 5.74) is 0.376. The third-order valence-corrected chi connectivity index (χ3v) is 5.13. The van der Waals surface area contributed by atoms with Crippen LogP contribution in [0.5, 0.6) is 0 Å². The van der Waals surface area contributed by atoms with Gasteiger partial charge >= 0.3 is 0 Å². The van der Waals surface area contributed by atoms with Crippen molar-refractivity contribution in [1.82, 2.24) is 5.32 Å². The van der Waals surface area contributed by atoms with Gasteiger partial charge in [-0.15, -0.1) is 0 Å². The number of anilines is 1. The highest BCUT2D eigenvalue weighted by atomic mass is 35.5. The fraction of sp³-hybridized carbons (Fsp3) is 0.529. The van der Waals surface area contributed by atoms with E-state index in [0.29, 0.717) is 18.7 Å². The lowest BCUT2D eigenvalue weighted by Crippen LogP contribution is -2.45. The molecule has 1 saturated heterocycles. The Hall–Kier alpha value is -1.76. The van der Waals surface area contributed by atoms with Gasteiger partial charge in [-0.05, 0) is 37.5 Å². The Bertz CT molecular complexity index is 688. The summed E-state index contributed by atoms with van der Waals surface area (Å²) in [6.07, 6.45) is 0.00909. The van der Waals surface area contributed by atoms with E-state index in [2.05, 4.69) is 5.32 Å². The zero-order valence-corrected chi connectivity index (χ0v) is 14.2. The normalized spacial score (nSPS) is 23.8. The molecule has 1 saturated carbocycles. The van der Waals surface area contributed by atoms with Gasteiger partial charge in [-0.2, -0.15) is 0 Å². The van der Waals surface area contributed by atoms with Crippen LogP contribution in [0, 0.1) is 11.7 Å². The number of nitrogens with zero attached hydrogens (tertiary/aromatic N) is 1. The predicted molar refractivity (Wildman–Crippen MR) is 87.2 cm³/mol. The minimum absolute atomic E-state index is 0.0330. The molecule has 136 valence electrons. The Morgan fingerprint density at radius 3 is 2.56 bits per heavy atom. The standard InChI is InChI=1S/C17H18ClF3N2O2/c18-12-2-1-11(9-13(12)19)23-8-5-14(16(23)25)22-15(24)10-3-6-17(20,21)7-4-10/h1-2,9-10,14H,3-8H2,(H,22,24). The minimum Gasteiger partial charge on any atom is -0.344 e. The SMILES string of the molecule is O=C(NC1CCN(c2ccc(Cl)c(F)c2)C1=O)C1CCC(F)(F)CC1. The van der Waals surface area contributed by atoms with E-state index in [4.69, 9.17) is 11.6 Å². The second-order valence-corrected chi connectivity index (χ2v) is 6.98. The molecular weight excluding hydrogens is 357 g/mol. The number of carbonyl (C=O) groups excluding carboxylic acids is 2. The molecule has 0 radical (unpaired) electrons. The molecule has 8 heteroatoms. The lowest BCUT2D eigenvalue weighted by Gasteiger charge is -2.28. The molecule has 2 fully saturated rings. The number of carbonyl (C=O) groups is 2. The minimum atomic E-state index is -2.70. The molecule has 0 bridgehead atoms. The van der Waals surface area contributed by atoms with E-state index in [9.17, 15) is 22.8 Å². The first-order valence-electron chi connectivity index (χ1n) is 8.21. The van der Waals surface area contributed by atoms with Crippen molar-refractivity contribution in [2.24, 2.45) is 5.92 Å². The fourth-order valence-corrected chi connectivity index (χ4v) is 3.43. The monoisotopic (exact) mass is 374 g/mol. The Labute approximate surface area is 148 Å². The first-order valence-corrected chi connectivity index (χ1v) is 8.59. The Balaban J connectivity index is 1.60.